The quantitative estimate of drug-likeness (QED) is 0.352. The third kappa shape index (κ3) is 7.26. The van der Waals surface area contributed by atoms with E-state index in [0.717, 1.165) is 18.9 Å². The molecule has 10 heteroatoms. The minimum atomic E-state index is -1.23. The molecule has 0 unspecified atom stereocenters. The third-order valence-corrected chi connectivity index (χ3v) is 7.31. The van der Waals surface area contributed by atoms with Crippen LogP contribution >= 0.6 is 0 Å². The van der Waals surface area contributed by atoms with Crippen molar-refractivity contribution in [1.29, 1.82) is 0 Å². The second-order valence-electron chi connectivity index (χ2n) is 9.76. The summed E-state index contributed by atoms with van der Waals surface area (Å²) in [6.07, 6.45) is 4.14. The van der Waals surface area contributed by atoms with E-state index in [2.05, 4.69) is 30.1 Å². The highest BCUT2D eigenvalue weighted by molar-refractivity contribution is 6.76. The van der Waals surface area contributed by atoms with Crippen molar-refractivity contribution in [1.82, 2.24) is 15.1 Å². The number of nitrogens with one attached hydrogen (secondary N) is 1. The second kappa shape index (κ2) is 11.4. The van der Waals surface area contributed by atoms with Crippen molar-refractivity contribution in [3.63, 3.8) is 0 Å². The molecule has 2 aromatic rings. The highest BCUT2D eigenvalue weighted by Gasteiger charge is 2.27. The molecule has 184 valence electrons. The fraction of sp³-hybridized carbons (Fsp3) is 0.500. The maximum Gasteiger partial charge on any atom is 0.287 e. The minimum Gasteiger partial charge on any atom is -0.494 e. The Kier molecular flexibility index (Phi) is 8.62. The zero-order valence-electron chi connectivity index (χ0n) is 20.1. The first-order valence-electron chi connectivity index (χ1n) is 11.7. The van der Waals surface area contributed by atoms with E-state index in [0.29, 0.717) is 43.1 Å². The summed E-state index contributed by atoms with van der Waals surface area (Å²) in [5.74, 6) is -1.66. The van der Waals surface area contributed by atoms with Gasteiger partial charge in [0.25, 0.3) is 11.8 Å². The van der Waals surface area contributed by atoms with Gasteiger partial charge in [-0.05, 0) is 37.4 Å². The van der Waals surface area contributed by atoms with Crippen molar-refractivity contribution >= 4 is 25.7 Å². The predicted octanol–water partition coefficient (Wildman–Crippen LogP) is 2.97. The summed E-state index contributed by atoms with van der Waals surface area (Å²) in [6, 6.07) is 7.44. The monoisotopic (exact) mass is 486 g/mol. The molecule has 0 radical (unpaired) electrons. The number of amides is 2. The van der Waals surface area contributed by atoms with Crippen molar-refractivity contribution in [2.75, 3.05) is 13.2 Å². The molecule has 0 saturated carbocycles. The van der Waals surface area contributed by atoms with Gasteiger partial charge in [0.05, 0.1) is 18.2 Å². The van der Waals surface area contributed by atoms with Crippen LogP contribution < -0.4 is 15.8 Å². The van der Waals surface area contributed by atoms with Gasteiger partial charge in [0, 0.05) is 26.4 Å². The number of ketones is 1. The lowest BCUT2D eigenvalue weighted by Gasteiger charge is -2.17. The Labute approximate surface area is 201 Å². The highest BCUT2D eigenvalue weighted by Crippen LogP contribution is 2.27. The Hall–Kier alpha value is -2.98. The molecule has 2 amide bonds. The van der Waals surface area contributed by atoms with Crippen LogP contribution in [0.25, 0.3) is 11.3 Å². The number of nitrogens with two attached hydrogens (primary N) is 1. The van der Waals surface area contributed by atoms with Gasteiger partial charge in [-0.2, -0.15) is 5.10 Å². The lowest BCUT2D eigenvalue weighted by atomic mass is 10.0. The number of benzene rings is 1. The molecule has 3 N–H and O–H groups in total. The lowest BCUT2D eigenvalue weighted by Crippen LogP contribution is -2.46. The van der Waals surface area contributed by atoms with E-state index in [1.165, 1.54) is 0 Å². The first-order chi connectivity index (χ1) is 16.1. The van der Waals surface area contributed by atoms with Crippen LogP contribution in [-0.4, -0.2) is 54.7 Å². The smallest absolute Gasteiger partial charge is 0.287 e. The summed E-state index contributed by atoms with van der Waals surface area (Å²) in [7, 11) is -1.23. The number of ether oxygens (including phenoxy) is 2. The summed E-state index contributed by atoms with van der Waals surface area (Å²) in [4.78, 5) is 37.1. The molecule has 9 nitrogen and oxygen atoms in total. The van der Waals surface area contributed by atoms with Crippen LogP contribution in [0.3, 0.4) is 0 Å². The van der Waals surface area contributed by atoms with Crippen molar-refractivity contribution in [2.45, 2.75) is 64.1 Å². The molecule has 1 atom stereocenters. The van der Waals surface area contributed by atoms with Gasteiger partial charge in [-0.15, -0.1) is 0 Å². The zero-order chi connectivity index (χ0) is 24.7. The Morgan fingerprint density at radius 2 is 2.06 bits per heavy atom. The van der Waals surface area contributed by atoms with Crippen molar-refractivity contribution < 1.29 is 23.9 Å². The summed E-state index contributed by atoms with van der Waals surface area (Å²) in [6.45, 7) is 8.17. The molecule has 1 aromatic carbocycles. The van der Waals surface area contributed by atoms with E-state index in [1.54, 1.807) is 10.9 Å². The zero-order valence-corrected chi connectivity index (χ0v) is 21.1. The van der Waals surface area contributed by atoms with Crippen LogP contribution in [0.2, 0.25) is 25.7 Å². The Balaban J connectivity index is 1.91. The minimum absolute atomic E-state index is 0.199. The molecule has 0 aliphatic carbocycles. The molecule has 3 rings (SSSR count). The van der Waals surface area contributed by atoms with Gasteiger partial charge in [0.15, 0.2) is 0 Å². The molecule has 0 spiro atoms. The summed E-state index contributed by atoms with van der Waals surface area (Å²) in [5, 5.41) is 7.30. The molecule has 0 fully saturated rings. The summed E-state index contributed by atoms with van der Waals surface area (Å²) < 4.78 is 13.2. The van der Waals surface area contributed by atoms with E-state index in [4.69, 9.17) is 15.2 Å². The number of rotatable bonds is 7. The molecule has 2 heterocycles. The van der Waals surface area contributed by atoms with Crippen LogP contribution in [0.5, 0.6) is 5.75 Å². The number of carbonyl (C=O) groups is 3. The summed E-state index contributed by atoms with van der Waals surface area (Å²) in [5.41, 5.74) is 6.66. The van der Waals surface area contributed by atoms with Crippen LogP contribution in [0, 0.1) is 0 Å². The Bertz CT molecular complexity index is 1030. The van der Waals surface area contributed by atoms with Crippen LogP contribution in [0.15, 0.2) is 30.5 Å². The number of primary amides is 1. The topological polar surface area (TPSA) is 126 Å². The lowest BCUT2D eigenvalue weighted by molar-refractivity contribution is -0.137. The maximum absolute atomic E-state index is 13.2. The van der Waals surface area contributed by atoms with E-state index in [-0.39, 0.29) is 12.3 Å². The van der Waals surface area contributed by atoms with Crippen LogP contribution in [0.1, 0.15) is 36.0 Å². The van der Waals surface area contributed by atoms with Gasteiger partial charge < -0.3 is 20.5 Å². The van der Waals surface area contributed by atoms with Gasteiger partial charge in [-0.25, -0.2) is 4.68 Å². The predicted molar refractivity (Wildman–Crippen MR) is 131 cm³/mol. The number of carbonyl (C=O) groups excluding carboxylic acids is 3. The molecule has 34 heavy (non-hydrogen) atoms. The van der Waals surface area contributed by atoms with Crippen LogP contribution in [0.4, 0.5) is 0 Å². The van der Waals surface area contributed by atoms with Gasteiger partial charge in [0.1, 0.15) is 18.2 Å². The Morgan fingerprint density at radius 3 is 2.79 bits per heavy atom. The first-order valence-corrected chi connectivity index (χ1v) is 15.4. The molecule has 1 aliphatic rings. The van der Waals surface area contributed by atoms with E-state index >= 15 is 0 Å². The molecule has 1 aromatic heterocycles. The molecule has 2 bridgehead atoms. The van der Waals surface area contributed by atoms with Gasteiger partial charge in [0.2, 0.25) is 5.78 Å². The molecule has 1 aliphatic heterocycles. The SMILES string of the molecule is C[Si](C)(C)CCOCn1cc2c(n1)-c1cccc(c1)OCCCCC[C@@H](C(=O)C(N)=O)NC2=O. The molecular weight excluding hydrogens is 452 g/mol. The number of hydrogen-bond donors (Lipinski definition) is 2. The van der Waals surface area contributed by atoms with Crippen molar-refractivity contribution in [3.8, 4) is 17.0 Å². The standard InChI is InChI=1S/C24H34N4O5Si/c1-34(2,3)13-12-32-16-28-15-19-21(27-28)17-8-7-9-18(14-17)33-11-6-4-5-10-20(26-24(19)31)22(29)23(25)30/h7-9,14-15,20H,4-6,10-13,16H2,1-3H3,(H2,25,30)(H,26,31)/t20-/m0/s1. The number of hydrogen-bond acceptors (Lipinski definition) is 6. The van der Waals surface area contributed by atoms with E-state index in [1.807, 2.05) is 24.3 Å². The molecular formula is C24H34N4O5Si. The number of aromatic nitrogens is 2. The molecule has 0 saturated heterocycles. The van der Waals surface area contributed by atoms with Crippen molar-refractivity contribution in [3.05, 3.63) is 36.0 Å². The average Bonchev–Trinajstić information content (AvgIpc) is 3.21. The van der Waals surface area contributed by atoms with E-state index < -0.39 is 31.7 Å². The largest absolute Gasteiger partial charge is 0.494 e. The van der Waals surface area contributed by atoms with Gasteiger partial charge in [-0.1, -0.05) is 38.2 Å². The van der Waals surface area contributed by atoms with E-state index in [9.17, 15) is 14.4 Å². The first kappa shape index (κ1) is 25.6. The summed E-state index contributed by atoms with van der Waals surface area (Å²) >= 11 is 0. The van der Waals surface area contributed by atoms with Gasteiger partial charge in [-0.3, -0.25) is 14.4 Å². The fourth-order valence-corrected chi connectivity index (χ4v) is 4.39. The third-order valence-electron chi connectivity index (χ3n) is 5.60. The second-order valence-corrected chi connectivity index (χ2v) is 15.4. The average molecular weight is 487 g/mol. The maximum atomic E-state index is 13.2. The number of Topliss-reactive ketones (excluding diaryl/α,β-unsaturated/α-hetero) is 1. The number of fused-ring (bicyclic) bond motifs is 4. The Morgan fingerprint density at radius 1 is 1.26 bits per heavy atom. The van der Waals surface area contributed by atoms with Gasteiger partial charge >= 0.3 is 0 Å². The normalized spacial score (nSPS) is 17.1. The number of nitrogens with zero attached hydrogens (tertiary/aromatic N) is 2. The highest BCUT2D eigenvalue weighted by atomic mass is 28.3. The van der Waals surface area contributed by atoms with Crippen molar-refractivity contribution in [2.24, 2.45) is 5.73 Å². The fourth-order valence-electron chi connectivity index (χ4n) is 3.63. The van der Waals surface area contributed by atoms with Crippen LogP contribution in [-0.2, 0) is 21.1 Å².